The molecule has 4 heteroatoms. The van der Waals surface area contributed by atoms with Gasteiger partial charge in [0.05, 0.1) is 0 Å². The quantitative estimate of drug-likeness (QED) is 0.147. The van der Waals surface area contributed by atoms with Crippen molar-refractivity contribution < 1.29 is 0 Å². The maximum absolute atomic E-state index is 6.96. The van der Waals surface area contributed by atoms with E-state index in [1.54, 1.807) is 0 Å². The van der Waals surface area contributed by atoms with Gasteiger partial charge in [0, 0.05) is 51.1 Å². The van der Waals surface area contributed by atoms with Crippen molar-refractivity contribution in [3.8, 4) is 33.4 Å². The SMILES string of the molecule is Cc1cccc(N(c2ccccc2)c2ccc(-c3c(N)ccc(-c4ccc(N)cc4)c3-c3ccc(N(c4ccccc4)c4cccc(C)c4)cc3)cc2)c1. The summed E-state index contributed by atoms with van der Waals surface area (Å²) in [6, 6.07) is 68.0. The van der Waals surface area contributed by atoms with E-state index in [9.17, 15) is 0 Å². The molecule has 0 atom stereocenters. The normalized spacial score (nSPS) is 10.9. The van der Waals surface area contributed by atoms with Crippen LogP contribution in [0.4, 0.5) is 45.5 Å². The van der Waals surface area contributed by atoms with Gasteiger partial charge in [-0.2, -0.15) is 0 Å². The Bertz CT molecular complexity index is 2510. The molecule has 54 heavy (non-hydrogen) atoms. The second-order valence-corrected chi connectivity index (χ2v) is 13.7. The van der Waals surface area contributed by atoms with Crippen LogP contribution in [0.3, 0.4) is 0 Å². The van der Waals surface area contributed by atoms with E-state index >= 15 is 0 Å². The number of anilines is 8. The molecule has 0 aliphatic heterocycles. The van der Waals surface area contributed by atoms with Crippen LogP contribution in [0.2, 0.25) is 0 Å². The van der Waals surface area contributed by atoms with Crippen molar-refractivity contribution in [3.63, 3.8) is 0 Å². The minimum Gasteiger partial charge on any atom is -0.399 e. The van der Waals surface area contributed by atoms with Gasteiger partial charge in [0.1, 0.15) is 0 Å². The highest BCUT2D eigenvalue weighted by Gasteiger charge is 2.20. The van der Waals surface area contributed by atoms with E-state index in [0.29, 0.717) is 5.69 Å². The molecule has 0 heterocycles. The predicted molar refractivity (Wildman–Crippen MR) is 230 cm³/mol. The molecule has 8 rings (SSSR count). The van der Waals surface area contributed by atoms with Crippen LogP contribution in [-0.4, -0.2) is 0 Å². The number of aryl methyl sites for hydroxylation is 2. The number of benzene rings is 8. The number of nitrogens with two attached hydrogens (primary N) is 2. The third-order valence-corrected chi connectivity index (χ3v) is 9.84. The fourth-order valence-electron chi connectivity index (χ4n) is 7.27. The van der Waals surface area contributed by atoms with E-state index in [2.05, 4.69) is 194 Å². The molecule has 0 bridgehead atoms. The Morgan fingerprint density at radius 3 is 1.20 bits per heavy atom. The maximum Gasteiger partial charge on any atom is 0.0464 e. The molecule has 8 aromatic rings. The first kappa shape index (κ1) is 34.1. The van der Waals surface area contributed by atoms with Crippen LogP contribution >= 0.6 is 0 Å². The molecule has 8 aromatic carbocycles. The first-order valence-corrected chi connectivity index (χ1v) is 18.3. The molecule has 0 spiro atoms. The molecule has 0 aliphatic carbocycles. The lowest BCUT2D eigenvalue weighted by Crippen LogP contribution is -2.10. The lowest BCUT2D eigenvalue weighted by Gasteiger charge is -2.27. The smallest absolute Gasteiger partial charge is 0.0464 e. The summed E-state index contributed by atoms with van der Waals surface area (Å²) in [5.74, 6) is 0. The van der Waals surface area contributed by atoms with E-state index in [-0.39, 0.29) is 0 Å². The first-order valence-electron chi connectivity index (χ1n) is 18.3. The van der Waals surface area contributed by atoms with Crippen molar-refractivity contribution in [3.05, 3.63) is 205 Å². The third-order valence-electron chi connectivity index (χ3n) is 9.84. The molecule has 0 aromatic heterocycles. The van der Waals surface area contributed by atoms with E-state index in [1.165, 1.54) is 11.1 Å². The molecule has 0 saturated carbocycles. The van der Waals surface area contributed by atoms with Crippen molar-refractivity contribution >= 4 is 45.5 Å². The van der Waals surface area contributed by atoms with E-state index < -0.39 is 0 Å². The van der Waals surface area contributed by atoms with Crippen molar-refractivity contribution in [2.45, 2.75) is 13.8 Å². The second kappa shape index (κ2) is 14.9. The number of nitrogens with zero attached hydrogens (tertiary/aromatic N) is 2. The van der Waals surface area contributed by atoms with Gasteiger partial charge in [-0.25, -0.2) is 0 Å². The zero-order valence-corrected chi connectivity index (χ0v) is 30.5. The highest BCUT2D eigenvalue weighted by Crippen LogP contribution is 2.46. The van der Waals surface area contributed by atoms with Gasteiger partial charge in [0.2, 0.25) is 0 Å². The maximum atomic E-state index is 6.96. The molecule has 0 radical (unpaired) electrons. The van der Waals surface area contributed by atoms with Crippen molar-refractivity contribution in [2.75, 3.05) is 21.3 Å². The lowest BCUT2D eigenvalue weighted by molar-refractivity contribution is 1.27. The van der Waals surface area contributed by atoms with Crippen LogP contribution in [0.15, 0.2) is 194 Å². The molecular formula is C50H42N4. The molecule has 0 aliphatic rings. The number of rotatable bonds is 9. The molecule has 0 fully saturated rings. The first-order chi connectivity index (χ1) is 26.4. The van der Waals surface area contributed by atoms with Crippen molar-refractivity contribution in [2.24, 2.45) is 0 Å². The summed E-state index contributed by atoms with van der Waals surface area (Å²) in [6.45, 7) is 4.26. The zero-order valence-electron chi connectivity index (χ0n) is 30.5. The summed E-state index contributed by atoms with van der Waals surface area (Å²) in [5.41, 5.74) is 29.8. The molecule has 0 amide bonds. The molecule has 0 unspecified atom stereocenters. The average molecular weight is 699 g/mol. The monoisotopic (exact) mass is 698 g/mol. The molecule has 262 valence electrons. The largest absolute Gasteiger partial charge is 0.399 e. The number of hydrogen-bond donors (Lipinski definition) is 2. The molecule has 0 saturated heterocycles. The van der Waals surface area contributed by atoms with Gasteiger partial charge in [0.25, 0.3) is 0 Å². The van der Waals surface area contributed by atoms with Gasteiger partial charge in [0.15, 0.2) is 0 Å². The standard InChI is InChI=1S/C50H42N4/c1-35-11-9-17-45(33-35)53(41-13-5-3-6-14-41)43-27-21-38(22-28-43)49-47(37-19-25-40(51)26-20-37)31-32-48(52)50(49)39-23-29-44(30-24-39)54(42-15-7-4-8-16-42)46-18-10-12-36(2)34-46/h3-34H,51-52H2,1-2H3. The zero-order chi connectivity index (χ0) is 37.0. The number of hydrogen-bond acceptors (Lipinski definition) is 4. The Hall–Kier alpha value is -7.04. The molecule has 4 N–H and O–H groups in total. The summed E-state index contributed by atoms with van der Waals surface area (Å²) in [6.07, 6.45) is 0. The highest BCUT2D eigenvalue weighted by molar-refractivity contribution is 6.00. The predicted octanol–water partition coefficient (Wildman–Crippen LogP) is 13.4. The van der Waals surface area contributed by atoms with E-state index in [1.807, 2.05) is 24.3 Å². The number of para-hydroxylation sites is 2. The Labute approximate surface area is 318 Å². The molecular weight excluding hydrogens is 657 g/mol. The van der Waals surface area contributed by atoms with Gasteiger partial charge < -0.3 is 21.3 Å². The summed E-state index contributed by atoms with van der Waals surface area (Å²) in [5, 5.41) is 0. The Morgan fingerprint density at radius 1 is 0.333 bits per heavy atom. The van der Waals surface area contributed by atoms with Crippen LogP contribution in [0.1, 0.15) is 11.1 Å². The van der Waals surface area contributed by atoms with Crippen molar-refractivity contribution in [1.29, 1.82) is 0 Å². The van der Waals surface area contributed by atoms with Crippen LogP contribution < -0.4 is 21.3 Å². The van der Waals surface area contributed by atoms with Crippen molar-refractivity contribution in [1.82, 2.24) is 0 Å². The Morgan fingerprint density at radius 2 is 0.741 bits per heavy atom. The highest BCUT2D eigenvalue weighted by atomic mass is 15.1. The van der Waals surface area contributed by atoms with Crippen LogP contribution in [0.25, 0.3) is 33.4 Å². The topological polar surface area (TPSA) is 58.5 Å². The summed E-state index contributed by atoms with van der Waals surface area (Å²) >= 11 is 0. The van der Waals surface area contributed by atoms with Gasteiger partial charge in [-0.3, -0.25) is 0 Å². The Kier molecular flexibility index (Phi) is 9.40. The van der Waals surface area contributed by atoms with Crippen LogP contribution in [0, 0.1) is 13.8 Å². The Balaban J connectivity index is 1.26. The third kappa shape index (κ3) is 6.93. The summed E-state index contributed by atoms with van der Waals surface area (Å²) in [7, 11) is 0. The molecule has 4 nitrogen and oxygen atoms in total. The van der Waals surface area contributed by atoms with Gasteiger partial charge >= 0.3 is 0 Å². The van der Waals surface area contributed by atoms with E-state index in [4.69, 9.17) is 11.5 Å². The summed E-state index contributed by atoms with van der Waals surface area (Å²) < 4.78 is 0. The summed E-state index contributed by atoms with van der Waals surface area (Å²) in [4.78, 5) is 4.58. The fraction of sp³-hybridized carbons (Fsp3) is 0.0400. The van der Waals surface area contributed by atoms with Crippen LogP contribution in [0.5, 0.6) is 0 Å². The van der Waals surface area contributed by atoms with E-state index in [0.717, 1.165) is 73.2 Å². The van der Waals surface area contributed by atoms with Crippen LogP contribution in [-0.2, 0) is 0 Å². The minimum absolute atomic E-state index is 0.713. The second-order valence-electron chi connectivity index (χ2n) is 13.7. The lowest BCUT2D eigenvalue weighted by atomic mass is 9.86. The minimum atomic E-state index is 0.713. The number of nitrogen functional groups attached to an aromatic ring is 2. The average Bonchev–Trinajstić information content (AvgIpc) is 3.20. The van der Waals surface area contributed by atoms with Gasteiger partial charge in [-0.15, -0.1) is 0 Å². The fourth-order valence-corrected chi connectivity index (χ4v) is 7.27. The van der Waals surface area contributed by atoms with Gasteiger partial charge in [-0.1, -0.05) is 103 Å². The van der Waals surface area contributed by atoms with Gasteiger partial charge in [-0.05, 0) is 144 Å².